The van der Waals surface area contributed by atoms with Crippen LogP contribution >= 0.6 is 11.6 Å². The Morgan fingerprint density at radius 3 is 2.42 bits per heavy atom. The van der Waals surface area contributed by atoms with Gasteiger partial charge in [0.05, 0.1) is 37.0 Å². The van der Waals surface area contributed by atoms with Crippen LogP contribution in [0.4, 0.5) is 11.6 Å². The minimum Gasteiger partial charge on any atom is -0.487 e. The lowest BCUT2D eigenvalue weighted by molar-refractivity contribution is -0.0458. The van der Waals surface area contributed by atoms with Gasteiger partial charge in [0.2, 0.25) is 5.95 Å². The fourth-order valence-corrected chi connectivity index (χ4v) is 7.55. The topological polar surface area (TPSA) is 156 Å². The number of nitrogens with zero attached hydrogens (tertiary/aromatic N) is 11. The van der Waals surface area contributed by atoms with Crippen LogP contribution in [-0.2, 0) is 17.9 Å². The molecule has 0 amide bonds. The second-order valence-electron chi connectivity index (χ2n) is 13.1. The maximum Gasteiger partial charge on any atom is 0.257 e. The number of halogens is 1. The van der Waals surface area contributed by atoms with E-state index in [2.05, 4.69) is 45.7 Å². The number of hydrogen-bond acceptors (Lipinski definition) is 13. The van der Waals surface area contributed by atoms with E-state index >= 15 is 0 Å². The van der Waals surface area contributed by atoms with E-state index in [9.17, 15) is 0 Å². The summed E-state index contributed by atoms with van der Waals surface area (Å²) in [5.74, 6) is 2.00. The zero-order chi connectivity index (χ0) is 33.9. The Morgan fingerprint density at radius 2 is 1.68 bits per heavy atom. The van der Waals surface area contributed by atoms with Crippen molar-refractivity contribution in [3.8, 4) is 22.8 Å². The SMILES string of the molecule is C[C@@H](Cn1cnnn1)Oc1cc(-c2cnc(Nc3cn(C4CCC(N5[C@@H]6CC[C@H]5COC6)CC4)nc3OCc3ncccn3)nc2)ccc1Cl. The molecule has 3 fully saturated rings. The third kappa shape index (κ3) is 7.25. The monoisotopic (exact) mass is 698 g/mol. The molecule has 2 aliphatic heterocycles. The smallest absolute Gasteiger partial charge is 0.257 e. The van der Waals surface area contributed by atoms with E-state index in [0.717, 1.165) is 50.0 Å². The van der Waals surface area contributed by atoms with Crippen LogP contribution in [0.15, 0.2) is 61.6 Å². The van der Waals surface area contributed by atoms with Gasteiger partial charge in [0.1, 0.15) is 30.5 Å². The first kappa shape index (κ1) is 32.5. The summed E-state index contributed by atoms with van der Waals surface area (Å²) in [6.45, 7) is 4.35. The Kier molecular flexibility index (Phi) is 9.50. The molecule has 0 spiro atoms. The van der Waals surface area contributed by atoms with Gasteiger partial charge in [-0.1, -0.05) is 17.7 Å². The number of ether oxygens (including phenoxy) is 3. The van der Waals surface area contributed by atoms with Crippen molar-refractivity contribution in [2.75, 3.05) is 18.5 Å². The maximum atomic E-state index is 6.47. The fraction of sp³-hybridized carbons (Fsp3) is 0.471. The van der Waals surface area contributed by atoms with E-state index in [1.54, 1.807) is 47.9 Å². The molecular formula is C34H39ClN12O3. The zero-order valence-corrected chi connectivity index (χ0v) is 28.5. The summed E-state index contributed by atoms with van der Waals surface area (Å²) in [7, 11) is 0. The standard InChI is InChI=1S/C34H39ClN12O3/c1-22(16-45-21-40-43-44-45)50-31-13-23(3-10-29(31)35)24-14-38-34(39-15-24)41-30-17-46(42-33(30)49-20-32-36-11-2-12-37-32)25-4-6-26(7-5-25)47-27-8-9-28(47)19-48-18-27/h2-3,10-15,17,21-22,25-28H,4-9,16,18-20H2,1H3,(H,38,39,41)/t22-,25?,26?,27-,28+/m0/s1. The van der Waals surface area contributed by atoms with Crippen LogP contribution in [0.1, 0.15) is 57.3 Å². The number of fused-ring (bicyclic) bond motifs is 2. The lowest BCUT2D eigenvalue weighted by Crippen LogP contribution is -2.52. The molecule has 6 heterocycles. The number of benzene rings is 1. The van der Waals surface area contributed by atoms with Gasteiger partial charge >= 0.3 is 0 Å². The first-order chi connectivity index (χ1) is 24.6. The Hall–Kier alpha value is -4.73. The van der Waals surface area contributed by atoms with Crippen molar-refractivity contribution in [1.82, 2.24) is 54.8 Å². The number of anilines is 2. The molecule has 4 aromatic heterocycles. The number of tetrazole rings is 1. The molecule has 8 rings (SSSR count). The van der Waals surface area contributed by atoms with Gasteiger partial charge in [-0.05, 0) is 79.6 Å². The number of rotatable bonds is 12. The molecule has 0 radical (unpaired) electrons. The fourth-order valence-electron chi connectivity index (χ4n) is 7.39. The van der Waals surface area contributed by atoms with Crippen LogP contribution in [0.25, 0.3) is 11.1 Å². The highest BCUT2D eigenvalue weighted by molar-refractivity contribution is 6.32. The summed E-state index contributed by atoms with van der Waals surface area (Å²) in [5, 5.41) is 20.0. The van der Waals surface area contributed by atoms with E-state index in [0.29, 0.717) is 58.8 Å². The van der Waals surface area contributed by atoms with Gasteiger partial charge in [0.15, 0.2) is 5.82 Å². The number of aromatic nitrogens is 10. The number of hydrogen-bond donors (Lipinski definition) is 1. The van der Waals surface area contributed by atoms with Gasteiger partial charge in [-0.3, -0.25) is 9.58 Å². The lowest BCUT2D eigenvalue weighted by atomic mass is 9.89. The molecule has 1 saturated carbocycles. The van der Waals surface area contributed by atoms with Crippen molar-refractivity contribution >= 4 is 23.2 Å². The largest absolute Gasteiger partial charge is 0.487 e. The summed E-state index contributed by atoms with van der Waals surface area (Å²) in [6, 6.07) is 9.42. The quantitative estimate of drug-likeness (QED) is 0.188. The van der Waals surface area contributed by atoms with Crippen LogP contribution < -0.4 is 14.8 Å². The minimum atomic E-state index is -0.213. The molecule has 1 aliphatic carbocycles. The van der Waals surface area contributed by atoms with Gasteiger partial charge in [0.25, 0.3) is 5.88 Å². The van der Waals surface area contributed by atoms with E-state index in [-0.39, 0.29) is 18.8 Å². The Morgan fingerprint density at radius 1 is 0.940 bits per heavy atom. The molecule has 15 nitrogen and oxygen atoms in total. The lowest BCUT2D eigenvalue weighted by Gasteiger charge is -2.43. The predicted molar refractivity (Wildman–Crippen MR) is 183 cm³/mol. The molecule has 3 aliphatic rings. The molecule has 1 aromatic carbocycles. The highest BCUT2D eigenvalue weighted by atomic mass is 35.5. The molecule has 16 heteroatoms. The maximum absolute atomic E-state index is 6.47. The second kappa shape index (κ2) is 14.6. The van der Waals surface area contributed by atoms with Crippen molar-refractivity contribution in [2.45, 2.75) is 88.9 Å². The number of nitrogens with one attached hydrogen (secondary N) is 1. The summed E-state index contributed by atoms with van der Waals surface area (Å²) in [4.78, 5) is 20.6. The average molecular weight is 699 g/mol. The first-order valence-corrected chi connectivity index (χ1v) is 17.5. The van der Waals surface area contributed by atoms with E-state index in [1.165, 1.54) is 12.8 Å². The van der Waals surface area contributed by atoms with E-state index in [1.807, 2.05) is 29.9 Å². The minimum absolute atomic E-state index is 0.189. The summed E-state index contributed by atoms with van der Waals surface area (Å²) in [5.41, 5.74) is 2.36. The number of morpholine rings is 1. The van der Waals surface area contributed by atoms with Crippen molar-refractivity contribution in [1.29, 1.82) is 0 Å². The summed E-state index contributed by atoms with van der Waals surface area (Å²) < 4.78 is 21.8. The molecule has 1 N–H and O–H groups in total. The average Bonchev–Trinajstić information content (AvgIpc) is 3.87. The van der Waals surface area contributed by atoms with Crippen LogP contribution in [0, 0.1) is 0 Å². The first-order valence-electron chi connectivity index (χ1n) is 17.1. The van der Waals surface area contributed by atoms with E-state index < -0.39 is 0 Å². The van der Waals surface area contributed by atoms with E-state index in [4.69, 9.17) is 30.9 Å². The van der Waals surface area contributed by atoms with Crippen LogP contribution in [0.5, 0.6) is 11.6 Å². The van der Waals surface area contributed by atoms with Crippen LogP contribution in [-0.4, -0.2) is 92.3 Å². The van der Waals surface area contributed by atoms with Crippen LogP contribution in [0.2, 0.25) is 5.02 Å². The van der Waals surface area contributed by atoms with Crippen molar-refractivity contribution in [3.05, 3.63) is 72.4 Å². The molecule has 2 bridgehead atoms. The molecule has 2 saturated heterocycles. The third-order valence-corrected chi connectivity index (χ3v) is 10.1. The molecule has 0 unspecified atom stereocenters. The molecular weight excluding hydrogens is 660 g/mol. The Bertz CT molecular complexity index is 1840. The molecule has 3 atom stereocenters. The van der Waals surface area contributed by atoms with Gasteiger partial charge < -0.3 is 19.5 Å². The van der Waals surface area contributed by atoms with Crippen LogP contribution in [0.3, 0.4) is 0 Å². The Balaban J connectivity index is 0.958. The van der Waals surface area contributed by atoms with Crippen molar-refractivity contribution in [2.24, 2.45) is 0 Å². The zero-order valence-electron chi connectivity index (χ0n) is 27.8. The van der Waals surface area contributed by atoms with Crippen molar-refractivity contribution < 1.29 is 14.2 Å². The van der Waals surface area contributed by atoms with Gasteiger partial charge in [-0.2, -0.15) is 0 Å². The normalized spacial score (nSPS) is 22.7. The predicted octanol–water partition coefficient (Wildman–Crippen LogP) is 4.91. The van der Waals surface area contributed by atoms with Gasteiger partial charge in [-0.25, -0.2) is 24.6 Å². The van der Waals surface area contributed by atoms with Gasteiger partial charge in [0, 0.05) is 48.5 Å². The molecule has 5 aromatic rings. The second-order valence-corrected chi connectivity index (χ2v) is 13.5. The molecule has 50 heavy (non-hydrogen) atoms. The summed E-state index contributed by atoms with van der Waals surface area (Å²) >= 11 is 6.47. The highest BCUT2D eigenvalue weighted by Gasteiger charge is 2.42. The summed E-state index contributed by atoms with van der Waals surface area (Å²) in [6.07, 6.45) is 17.2. The Labute approximate surface area is 294 Å². The third-order valence-electron chi connectivity index (χ3n) is 9.74. The molecule has 260 valence electrons. The highest BCUT2D eigenvalue weighted by Crippen LogP contribution is 2.40. The van der Waals surface area contributed by atoms with Gasteiger partial charge in [-0.15, -0.1) is 10.2 Å². The van der Waals surface area contributed by atoms with Crippen molar-refractivity contribution in [3.63, 3.8) is 0 Å².